The van der Waals surface area contributed by atoms with E-state index in [4.69, 9.17) is 14.8 Å². The summed E-state index contributed by atoms with van der Waals surface area (Å²) in [5.41, 5.74) is -1.64. The molecule has 7 nitrogen and oxygen atoms in total. The van der Waals surface area contributed by atoms with Crippen molar-refractivity contribution in [1.29, 1.82) is 5.26 Å². The van der Waals surface area contributed by atoms with E-state index in [1.165, 1.54) is 5.06 Å². The van der Waals surface area contributed by atoms with Crippen LogP contribution in [0.4, 0.5) is 23.8 Å². The molecule has 1 aromatic heterocycles. The summed E-state index contributed by atoms with van der Waals surface area (Å²) in [6.07, 6.45) is -4.02. The van der Waals surface area contributed by atoms with Crippen molar-refractivity contribution in [1.82, 2.24) is 10.0 Å². The highest BCUT2D eigenvalue weighted by molar-refractivity contribution is 5.60. The van der Waals surface area contributed by atoms with Gasteiger partial charge in [-0.25, -0.2) is 9.78 Å². The molecule has 0 spiro atoms. The lowest BCUT2D eigenvalue weighted by atomic mass is 9.98. The topological polar surface area (TPSA) is 87.5 Å². The van der Waals surface area contributed by atoms with Crippen molar-refractivity contribution in [2.45, 2.75) is 45.4 Å². The van der Waals surface area contributed by atoms with Gasteiger partial charge in [0, 0.05) is 19.6 Å². The van der Waals surface area contributed by atoms with Crippen molar-refractivity contribution in [3.63, 3.8) is 0 Å². The fourth-order valence-electron chi connectivity index (χ4n) is 2.66. The molecule has 2 heterocycles. The second-order valence-electron chi connectivity index (χ2n) is 7.51. The Kier molecular flexibility index (Phi) is 6.72. The molecule has 28 heavy (non-hydrogen) atoms. The van der Waals surface area contributed by atoms with E-state index in [0.717, 1.165) is 12.1 Å². The normalized spacial score (nSPS) is 16.3. The van der Waals surface area contributed by atoms with Crippen LogP contribution in [0, 0.1) is 17.2 Å². The molecule has 1 saturated heterocycles. The number of alkyl halides is 3. The van der Waals surface area contributed by atoms with Crippen LogP contribution < -0.4 is 5.32 Å². The predicted molar refractivity (Wildman–Crippen MR) is 94.1 cm³/mol. The van der Waals surface area contributed by atoms with Gasteiger partial charge in [-0.1, -0.05) is 0 Å². The molecule has 1 N–H and O–H groups in total. The maximum Gasteiger partial charge on any atom is 0.528 e. The van der Waals surface area contributed by atoms with Crippen molar-refractivity contribution in [2.75, 3.05) is 25.0 Å². The van der Waals surface area contributed by atoms with Crippen LogP contribution in [-0.2, 0) is 15.8 Å². The average Bonchev–Trinajstić information content (AvgIpc) is 2.58. The van der Waals surface area contributed by atoms with Gasteiger partial charge in [0.15, 0.2) is 0 Å². The first kappa shape index (κ1) is 21.8. The van der Waals surface area contributed by atoms with Gasteiger partial charge in [0.25, 0.3) is 0 Å². The largest absolute Gasteiger partial charge is 0.528 e. The lowest BCUT2D eigenvalue weighted by molar-refractivity contribution is -0.154. The smallest absolute Gasteiger partial charge is 0.427 e. The van der Waals surface area contributed by atoms with E-state index in [0.29, 0.717) is 32.5 Å². The third-order valence-corrected chi connectivity index (χ3v) is 4.03. The van der Waals surface area contributed by atoms with Crippen molar-refractivity contribution >= 4 is 12.0 Å². The Labute approximate surface area is 161 Å². The van der Waals surface area contributed by atoms with E-state index in [9.17, 15) is 18.0 Å². The van der Waals surface area contributed by atoms with E-state index in [1.807, 2.05) is 6.07 Å². The van der Waals surface area contributed by atoms with E-state index in [-0.39, 0.29) is 17.3 Å². The average molecular weight is 400 g/mol. The van der Waals surface area contributed by atoms with Gasteiger partial charge in [-0.2, -0.15) is 18.4 Å². The number of aromatic nitrogens is 1. The standard InChI is InChI=1S/C18H23F3N4O3/c1-17(2,3)27-16(26)28-25-8-6-12(7-9-25)11-23-15-13(10-22)4-5-14(24-15)18(19,20)21/h4-5,12H,6-9,11H2,1-3H3,(H,23,24). The Balaban J connectivity index is 1.86. The molecule has 1 aliphatic rings. The minimum absolute atomic E-state index is 0.0543. The van der Waals surface area contributed by atoms with Gasteiger partial charge in [0.05, 0.1) is 5.56 Å². The van der Waals surface area contributed by atoms with Crippen LogP contribution >= 0.6 is 0 Å². The molecule has 0 unspecified atom stereocenters. The van der Waals surface area contributed by atoms with Gasteiger partial charge < -0.3 is 14.9 Å². The van der Waals surface area contributed by atoms with Crippen LogP contribution in [-0.4, -0.2) is 41.4 Å². The van der Waals surface area contributed by atoms with E-state index in [2.05, 4.69) is 10.3 Å². The summed E-state index contributed by atoms with van der Waals surface area (Å²) >= 11 is 0. The number of anilines is 1. The summed E-state index contributed by atoms with van der Waals surface area (Å²) in [7, 11) is 0. The van der Waals surface area contributed by atoms with Gasteiger partial charge in [-0.05, 0) is 51.7 Å². The number of halogens is 3. The van der Waals surface area contributed by atoms with Gasteiger partial charge >= 0.3 is 12.3 Å². The second kappa shape index (κ2) is 8.65. The summed E-state index contributed by atoms with van der Waals surface area (Å²) in [6.45, 7) is 6.54. The number of carbonyl (C=O) groups is 1. The molecule has 0 aliphatic carbocycles. The van der Waals surface area contributed by atoms with E-state index in [1.54, 1.807) is 20.8 Å². The molecule has 0 aromatic carbocycles. The number of hydrogen-bond acceptors (Lipinski definition) is 7. The van der Waals surface area contributed by atoms with Crippen LogP contribution in [0.3, 0.4) is 0 Å². The lowest BCUT2D eigenvalue weighted by Gasteiger charge is -2.31. The Morgan fingerprint density at radius 2 is 1.96 bits per heavy atom. The van der Waals surface area contributed by atoms with Crippen LogP contribution in [0.5, 0.6) is 0 Å². The molecular formula is C18H23F3N4O3. The SMILES string of the molecule is CC(C)(C)OC(=O)ON1CCC(CNc2nc(C(F)(F)F)ccc2C#N)CC1. The van der Waals surface area contributed by atoms with Crippen LogP contribution in [0.15, 0.2) is 12.1 Å². The Morgan fingerprint density at radius 1 is 1.32 bits per heavy atom. The molecule has 1 aliphatic heterocycles. The first-order valence-corrected chi connectivity index (χ1v) is 8.86. The molecule has 2 rings (SSSR count). The maximum atomic E-state index is 12.8. The molecule has 1 fully saturated rings. The number of nitrogens with one attached hydrogen (secondary N) is 1. The van der Waals surface area contributed by atoms with Gasteiger partial charge in [-0.15, -0.1) is 5.06 Å². The number of nitrogens with zero attached hydrogens (tertiary/aromatic N) is 3. The van der Waals surface area contributed by atoms with E-state index < -0.39 is 23.6 Å². The molecular weight excluding hydrogens is 377 g/mol. The quantitative estimate of drug-likeness (QED) is 0.766. The van der Waals surface area contributed by atoms with Crippen molar-refractivity contribution in [2.24, 2.45) is 5.92 Å². The van der Waals surface area contributed by atoms with Gasteiger partial charge in [0.2, 0.25) is 0 Å². The number of rotatable bonds is 4. The fraction of sp³-hybridized carbons (Fsp3) is 0.611. The van der Waals surface area contributed by atoms with Gasteiger partial charge in [0.1, 0.15) is 23.2 Å². The molecule has 0 radical (unpaired) electrons. The highest BCUT2D eigenvalue weighted by Crippen LogP contribution is 2.29. The maximum absolute atomic E-state index is 12.8. The third-order valence-electron chi connectivity index (χ3n) is 4.03. The summed E-state index contributed by atoms with van der Waals surface area (Å²) in [4.78, 5) is 20.3. The minimum Gasteiger partial charge on any atom is -0.427 e. The zero-order valence-electron chi connectivity index (χ0n) is 16.0. The molecule has 0 amide bonds. The number of hydroxylamine groups is 2. The molecule has 0 atom stereocenters. The summed E-state index contributed by atoms with van der Waals surface area (Å²) in [5, 5.41) is 13.4. The lowest BCUT2D eigenvalue weighted by Crippen LogP contribution is -2.39. The number of piperidine rings is 1. The number of pyridine rings is 1. The Hall–Kier alpha value is -2.54. The fourth-order valence-corrected chi connectivity index (χ4v) is 2.66. The Bertz CT molecular complexity index is 733. The summed E-state index contributed by atoms with van der Waals surface area (Å²) in [5.74, 6) is 0.0612. The van der Waals surface area contributed by atoms with Crippen molar-refractivity contribution in [3.05, 3.63) is 23.4 Å². The molecule has 10 heteroatoms. The summed E-state index contributed by atoms with van der Waals surface area (Å²) < 4.78 is 43.5. The Morgan fingerprint density at radius 3 is 2.50 bits per heavy atom. The van der Waals surface area contributed by atoms with Crippen LogP contribution in [0.25, 0.3) is 0 Å². The van der Waals surface area contributed by atoms with Gasteiger partial charge in [-0.3, -0.25) is 0 Å². The minimum atomic E-state index is -4.57. The number of carbonyl (C=O) groups excluding carboxylic acids is 1. The van der Waals surface area contributed by atoms with Crippen LogP contribution in [0.2, 0.25) is 0 Å². The highest BCUT2D eigenvalue weighted by Gasteiger charge is 2.33. The second-order valence-corrected chi connectivity index (χ2v) is 7.51. The first-order chi connectivity index (χ1) is 13.0. The molecule has 154 valence electrons. The molecule has 0 saturated carbocycles. The zero-order valence-corrected chi connectivity index (χ0v) is 16.0. The third kappa shape index (κ3) is 6.56. The molecule has 0 bridgehead atoms. The predicted octanol–water partition coefficient (Wildman–Crippen LogP) is 3.96. The number of nitriles is 1. The van der Waals surface area contributed by atoms with E-state index >= 15 is 0 Å². The monoisotopic (exact) mass is 400 g/mol. The first-order valence-electron chi connectivity index (χ1n) is 8.86. The highest BCUT2D eigenvalue weighted by atomic mass is 19.4. The van der Waals surface area contributed by atoms with Crippen molar-refractivity contribution < 1.29 is 27.5 Å². The molecule has 1 aromatic rings. The zero-order chi connectivity index (χ0) is 20.9. The number of ether oxygens (including phenoxy) is 1. The van der Waals surface area contributed by atoms with Crippen molar-refractivity contribution in [3.8, 4) is 6.07 Å². The van der Waals surface area contributed by atoms with Crippen LogP contribution in [0.1, 0.15) is 44.9 Å². The summed E-state index contributed by atoms with van der Waals surface area (Å²) in [6, 6.07) is 3.73. The number of hydrogen-bond donors (Lipinski definition) is 1.